The molecule has 0 bridgehead atoms. The molecular formula is C27H28N2O6S. The maximum absolute atomic E-state index is 13.3. The van der Waals surface area contributed by atoms with E-state index in [-0.39, 0.29) is 24.2 Å². The summed E-state index contributed by atoms with van der Waals surface area (Å²) in [5.74, 6) is 2.87. The molecule has 36 heavy (non-hydrogen) atoms. The van der Waals surface area contributed by atoms with Gasteiger partial charge in [0.15, 0.2) is 11.5 Å². The van der Waals surface area contributed by atoms with Crippen LogP contribution in [0.15, 0.2) is 66.7 Å². The molecule has 1 atom stereocenters. The molecule has 0 aliphatic carbocycles. The average molecular weight is 509 g/mol. The maximum Gasteiger partial charge on any atom is 0.269 e. The summed E-state index contributed by atoms with van der Waals surface area (Å²) in [5.41, 5.74) is 3.19. The molecule has 1 aliphatic rings. The lowest BCUT2D eigenvalue weighted by atomic mass is 9.92. The van der Waals surface area contributed by atoms with E-state index in [0.717, 1.165) is 16.9 Å². The number of hydrogen-bond acceptors (Lipinski definition) is 7. The number of nitro benzene ring substituents is 1. The number of ether oxygens (including phenoxy) is 3. The lowest BCUT2D eigenvalue weighted by molar-refractivity contribution is -0.384. The van der Waals surface area contributed by atoms with Gasteiger partial charge in [0.25, 0.3) is 5.69 Å². The second-order valence-electron chi connectivity index (χ2n) is 8.30. The fourth-order valence-corrected chi connectivity index (χ4v) is 5.13. The predicted octanol–water partition coefficient (Wildman–Crippen LogP) is 5.05. The minimum Gasteiger partial charge on any atom is -0.493 e. The van der Waals surface area contributed by atoms with Crippen molar-refractivity contribution in [2.75, 3.05) is 33.1 Å². The Balaban J connectivity index is 1.54. The lowest BCUT2D eigenvalue weighted by Crippen LogP contribution is -2.43. The molecule has 1 unspecified atom stereocenters. The Hall–Kier alpha value is -3.72. The Kier molecular flexibility index (Phi) is 8.32. The van der Waals surface area contributed by atoms with E-state index in [4.69, 9.17) is 14.2 Å². The van der Waals surface area contributed by atoms with E-state index in [2.05, 4.69) is 12.1 Å². The van der Waals surface area contributed by atoms with E-state index in [0.29, 0.717) is 36.0 Å². The molecule has 8 nitrogen and oxygen atoms in total. The van der Waals surface area contributed by atoms with Gasteiger partial charge in [0.05, 0.1) is 30.9 Å². The van der Waals surface area contributed by atoms with Crippen molar-refractivity contribution in [3.05, 3.63) is 93.5 Å². The van der Waals surface area contributed by atoms with Crippen molar-refractivity contribution in [3.8, 4) is 17.2 Å². The molecule has 0 saturated heterocycles. The van der Waals surface area contributed by atoms with Crippen molar-refractivity contribution in [3.63, 3.8) is 0 Å². The molecule has 0 saturated carbocycles. The molecule has 0 spiro atoms. The zero-order valence-corrected chi connectivity index (χ0v) is 21.0. The third-order valence-corrected chi connectivity index (χ3v) is 7.10. The van der Waals surface area contributed by atoms with E-state index < -0.39 is 4.92 Å². The minimum absolute atomic E-state index is 0.00515. The molecule has 188 valence electrons. The third kappa shape index (κ3) is 5.91. The van der Waals surface area contributed by atoms with Crippen molar-refractivity contribution >= 4 is 23.4 Å². The molecule has 3 aromatic carbocycles. The number of carbonyl (C=O) groups excluding carboxylic acids is 1. The second kappa shape index (κ2) is 11.8. The number of thioether (sulfide) groups is 1. The van der Waals surface area contributed by atoms with Crippen molar-refractivity contribution in [1.29, 1.82) is 0 Å². The van der Waals surface area contributed by atoms with Crippen LogP contribution in [0.1, 0.15) is 22.7 Å². The fourth-order valence-electron chi connectivity index (χ4n) is 4.26. The number of hydrogen-bond donors (Lipinski definition) is 0. The summed E-state index contributed by atoms with van der Waals surface area (Å²) in [7, 11) is 3.18. The molecule has 1 amide bonds. The summed E-state index contributed by atoms with van der Waals surface area (Å²) in [6.07, 6.45) is 0.693. The average Bonchev–Trinajstić information content (AvgIpc) is 2.91. The molecule has 1 heterocycles. The highest BCUT2D eigenvalue weighted by Gasteiger charge is 2.32. The minimum atomic E-state index is -0.450. The van der Waals surface area contributed by atoms with Gasteiger partial charge in [-0.2, -0.15) is 0 Å². The summed E-state index contributed by atoms with van der Waals surface area (Å²) >= 11 is 1.58. The molecule has 3 aromatic rings. The van der Waals surface area contributed by atoms with Gasteiger partial charge in [0.1, 0.15) is 12.4 Å². The first-order chi connectivity index (χ1) is 17.5. The Morgan fingerprint density at radius 2 is 1.75 bits per heavy atom. The Morgan fingerprint density at radius 1 is 1.06 bits per heavy atom. The molecule has 0 N–H and O–H groups in total. The van der Waals surface area contributed by atoms with Crippen LogP contribution in [0.25, 0.3) is 0 Å². The van der Waals surface area contributed by atoms with Gasteiger partial charge in [-0.3, -0.25) is 14.9 Å². The topological polar surface area (TPSA) is 91.1 Å². The number of nitro groups is 1. The van der Waals surface area contributed by atoms with E-state index in [1.54, 1.807) is 38.1 Å². The largest absolute Gasteiger partial charge is 0.493 e. The molecule has 0 radical (unpaired) electrons. The van der Waals surface area contributed by atoms with Crippen molar-refractivity contribution in [2.24, 2.45) is 0 Å². The van der Waals surface area contributed by atoms with Gasteiger partial charge >= 0.3 is 0 Å². The number of non-ortho nitro benzene ring substituents is 1. The first-order valence-corrected chi connectivity index (χ1v) is 12.7. The summed E-state index contributed by atoms with van der Waals surface area (Å²) in [6.45, 7) is 0.761. The summed E-state index contributed by atoms with van der Waals surface area (Å²) in [4.78, 5) is 25.7. The number of nitrogens with zero attached hydrogens (tertiary/aromatic N) is 2. The van der Waals surface area contributed by atoms with E-state index in [1.165, 1.54) is 17.7 Å². The SMILES string of the molecule is COc1cc2c(cc1OC)C(COc1ccc([N+](=O)[O-])cc1)N(C(=O)CSCc1ccccc1)CC2. The Morgan fingerprint density at radius 3 is 2.42 bits per heavy atom. The predicted molar refractivity (Wildman–Crippen MR) is 139 cm³/mol. The number of fused-ring (bicyclic) bond motifs is 1. The van der Waals surface area contributed by atoms with Crippen LogP contribution >= 0.6 is 11.8 Å². The van der Waals surface area contributed by atoms with Crippen molar-refractivity contribution in [2.45, 2.75) is 18.2 Å². The molecular weight excluding hydrogens is 480 g/mol. The van der Waals surface area contributed by atoms with Gasteiger partial charge in [-0.25, -0.2) is 0 Å². The monoisotopic (exact) mass is 508 g/mol. The third-order valence-electron chi connectivity index (χ3n) is 6.12. The quantitative estimate of drug-likeness (QED) is 0.280. The van der Waals surface area contributed by atoms with Crippen LogP contribution in [0.5, 0.6) is 17.2 Å². The van der Waals surface area contributed by atoms with Crippen LogP contribution in [0, 0.1) is 10.1 Å². The van der Waals surface area contributed by atoms with Crippen LogP contribution in [0.2, 0.25) is 0 Å². The Bertz CT molecular complexity index is 1200. The standard InChI is InChI=1S/C27H28N2O6S/c1-33-25-14-20-12-13-28(27(30)18-36-17-19-6-4-3-5-7-19)24(23(20)15-26(25)34-2)16-35-22-10-8-21(9-11-22)29(31)32/h3-11,14-15,24H,12-13,16-18H2,1-2H3. The molecule has 9 heteroatoms. The molecule has 4 rings (SSSR count). The van der Waals surface area contributed by atoms with E-state index in [1.807, 2.05) is 35.2 Å². The summed E-state index contributed by atoms with van der Waals surface area (Å²) in [5, 5.41) is 11.0. The van der Waals surface area contributed by atoms with Crippen LogP contribution in [0.4, 0.5) is 5.69 Å². The number of carbonyl (C=O) groups is 1. The molecule has 0 aromatic heterocycles. The van der Waals surface area contributed by atoms with Crippen LogP contribution < -0.4 is 14.2 Å². The van der Waals surface area contributed by atoms with Crippen LogP contribution in [0.3, 0.4) is 0 Å². The smallest absolute Gasteiger partial charge is 0.269 e. The molecule has 0 fully saturated rings. The van der Waals surface area contributed by atoms with Crippen molar-refractivity contribution in [1.82, 2.24) is 4.90 Å². The van der Waals surface area contributed by atoms with Crippen LogP contribution in [-0.2, 0) is 17.0 Å². The number of benzene rings is 3. The van der Waals surface area contributed by atoms with Gasteiger partial charge < -0.3 is 19.1 Å². The highest BCUT2D eigenvalue weighted by molar-refractivity contribution is 7.99. The molecule has 1 aliphatic heterocycles. The number of rotatable bonds is 10. The summed E-state index contributed by atoms with van der Waals surface area (Å²) in [6, 6.07) is 19.5. The van der Waals surface area contributed by atoms with E-state index in [9.17, 15) is 14.9 Å². The zero-order chi connectivity index (χ0) is 25.5. The second-order valence-corrected chi connectivity index (χ2v) is 9.28. The Labute approximate surface area is 214 Å². The van der Waals surface area contributed by atoms with Crippen LogP contribution in [-0.4, -0.2) is 48.9 Å². The normalized spacial score (nSPS) is 14.6. The highest BCUT2D eigenvalue weighted by Crippen LogP contribution is 2.38. The van der Waals surface area contributed by atoms with Gasteiger partial charge in [-0.1, -0.05) is 30.3 Å². The first-order valence-electron chi connectivity index (χ1n) is 11.5. The van der Waals surface area contributed by atoms with Gasteiger partial charge in [-0.15, -0.1) is 11.8 Å². The number of amides is 1. The van der Waals surface area contributed by atoms with Crippen molar-refractivity contribution < 1.29 is 23.9 Å². The lowest BCUT2D eigenvalue weighted by Gasteiger charge is -2.37. The first kappa shape index (κ1) is 25.4. The van der Waals surface area contributed by atoms with Gasteiger partial charge in [0.2, 0.25) is 5.91 Å². The highest BCUT2D eigenvalue weighted by atomic mass is 32.2. The number of methoxy groups -OCH3 is 2. The van der Waals surface area contributed by atoms with Gasteiger partial charge in [0, 0.05) is 24.4 Å². The zero-order valence-electron chi connectivity index (χ0n) is 20.2. The maximum atomic E-state index is 13.3. The fraction of sp³-hybridized carbons (Fsp3) is 0.296. The van der Waals surface area contributed by atoms with E-state index >= 15 is 0 Å². The van der Waals surface area contributed by atoms with Gasteiger partial charge in [-0.05, 0) is 47.4 Å². The summed E-state index contributed by atoms with van der Waals surface area (Å²) < 4.78 is 17.0.